The van der Waals surface area contributed by atoms with Crippen LogP contribution in [-0.2, 0) is 6.42 Å². The molecule has 0 fully saturated rings. The Morgan fingerprint density at radius 2 is 2.06 bits per heavy atom. The van der Waals surface area contributed by atoms with Crippen LogP contribution in [0.3, 0.4) is 0 Å². The highest BCUT2D eigenvalue weighted by Crippen LogP contribution is 2.19. The summed E-state index contributed by atoms with van der Waals surface area (Å²) in [5, 5.41) is 7.66. The van der Waals surface area contributed by atoms with Crippen LogP contribution in [0.2, 0.25) is 0 Å². The van der Waals surface area contributed by atoms with Gasteiger partial charge in [-0.1, -0.05) is 6.07 Å². The molecule has 0 atom stereocenters. The molecular weight excluding hydrogens is 221 g/mol. The number of methoxy groups -OCH3 is 1. The third-order valence-corrected chi connectivity index (χ3v) is 2.34. The first-order chi connectivity index (χ1) is 8.19. The van der Waals surface area contributed by atoms with Gasteiger partial charge in [0.2, 0.25) is 0 Å². The van der Waals surface area contributed by atoms with Crippen LogP contribution in [0.15, 0.2) is 30.3 Å². The quantitative estimate of drug-likeness (QED) is 0.878. The van der Waals surface area contributed by atoms with Gasteiger partial charge in [-0.05, 0) is 29.8 Å². The molecule has 2 N–H and O–H groups in total. The van der Waals surface area contributed by atoms with Crippen molar-refractivity contribution in [3.8, 4) is 5.75 Å². The van der Waals surface area contributed by atoms with E-state index in [9.17, 15) is 4.39 Å². The molecule has 0 aliphatic carbocycles. The van der Waals surface area contributed by atoms with Crippen molar-refractivity contribution in [2.75, 3.05) is 12.8 Å². The Kier molecular flexibility index (Phi) is 3.18. The zero-order valence-corrected chi connectivity index (χ0v) is 9.35. The van der Waals surface area contributed by atoms with Crippen molar-refractivity contribution in [2.45, 2.75) is 6.42 Å². The number of hydrogen-bond acceptors (Lipinski definition) is 4. The van der Waals surface area contributed by atoms with Crippen molar-refractivity contribution in [3.05, 3.63) is 47.4 Å². The average Bonchev–Trinajstić information content (AvgIpc) is 2.32. The summed E-state index contributed by atoms with van der Waals surface area (Å²) in [4.78, 5) is 0. The molecule has 2 rings (SSSR count). The number of ether oxygens (including phenoxy) is 1. The molecule has 0 saturated carbocycles. The highest BCUT2D eigenvalue weighted by atomic mass is 19.1. The summed E-state index contributed by atoms with van der Waals surface area (Å²) in [6, 6.07) is 8.25. The Balaban J connectivity index is 2.19. The van der Waals surface area contributed by atoms with E-state index in [1.807, 2.05) is 0 Å². The normalized spacial score (nSPS) is 10.2. The molecule has 0 amide bonds. The maximum Gasteiger partial charge on any atom is 0.165 e. The van der Waals surface area contributed by atoms with Crippen LogP contribution in [0.1, 0.15) is 11.3 Å². The lowest BCUT2D eigenvalue weighted by Crippen LogP contribution is -1.98. The minimum absolute atomic E-state index is 0.233. The monoisotopic (exact) mass is 233 g/mol. The Hall–Kier alpha value is -2.17. The van der Waals surface area contributed by atoms with Gasteiger partial charge in [-0.15, -0.1) is 5.10 Å². The fourth-order valence-electron chi connectivity index (χ4n) is 1.49. The standard InChI is InChI=1S/C12H12FN3O/c1-17-11-4-2-8(7-10(11)13)6-9-3-5-12(14)16-15-9/h2-5,7H,6H2,1H3,(H2,14,16). The molecule has 2 aromatic rings. The third-order valence-electron chi connectivity index (χ3n) is 2.34. The van der Waals surface area contributed by atoms with Gasteiger partial charge < -0.3 is 10.5 Å². The Bertz CT molecular complexity index is 514. The van der Waals surface area contributed by atoms with Crippen molar-refractivity contribution in [1.29, 1.82) is 0 Å². The summed E-state index contributed by atoms with van der Waals surface area (Å²) in [5.74, 6) is 0.222. The molecule has 17 heavy (non-hydrogen) atoms. The Labute approximate surface area is 98.2 Å². The fraction of sp³-hybridized carbons (Fsp3) is 0.167. The first-order valence-corrected chi connectivity index (χ1v) is 5.09. The van der Waals surface area contributed by atoms with E-state index in [1.54, 1.807) is 24.3 Å². The summed E-state index contributed by atoms with van der Waals surface area (Å²) in [7, 11) is 1.43. The number of hydrogen-bond donors (Lipinski definition) is 1. The van der Waals surface area contributed by atoms with Crippen molar-refractivity contribution in [1.82, 2.24) is 10.2 Å². The van der Waals surface area contributed by atoms with Crippen molar-refractivity contribution in [3.63, 3.8) is 0 Å². The second-order valence-electron chi connectivity index (χ2n) is 3.60. The summed E-state index contributed by atoms with van der Waals surface area (Å²) >= 11 is 0. The maximum atomic E-state index is 13.4. The van der Waals surface area contributed by atoms with Crippen LogP contribution >= 0.6 is 0 Å². The first kappa shape index (κ1) is 11.3. The number of rotatable bonds is 3. The number of benzene rings is 1. The van der Waals surface area contributed by atoms with Crippen LogP contribution in [0.4, 0.5) is 10.2 Å². The van der Waals surface area contributed by atoms with E-state index < -0.39 is 0 Å². The fourth-order valence-corrected chi connectivity index (χ4v) is 1.49. The van der Waals surface area contributed by atoms with Crippen LogP contribution in [0.25, 0.3) is 0 Å². The Morgan fingerprint density at radius 1 is 1.24 bits per heavy atom. The van der Waals surface area contributed by atoms with E-state index >= 15 is 0 Å². The van der Waals surface area contributed by atoms with Gasteiger partial charge in [-0.2, -0.15) is 5.10 Å². The van der Waals surface area contributed by atoms with E-state index in [0.717, 1.165) is 11.3 Å². The van der Waals surface area contributed by atoms with E-state index in [-0.39, 0.29) is 11.6 Å². The second kappa shape index (κ2) is 4.78. The van der Waals surface area contributed by atoms with E-state index in [1.165, 1.54) is 13.2 Å². The predicted octanol–water partition coefficient (Wildman–Crippen LogP) is 1.80. The molecule has 0 saturated heterocycles. The van der Waals surface area contributed by atoms with Gasteiger partial charge in [0.25, 0.3) is 0 Å². The van der Waals surface area contributed by atoms with Crippen molar-refractivity contribution >= 4 is 5.82 Å². The summed E-state index contributed by atoms with van der Waals surface area (Å²) in [6.07, 6.45) is 0.508. The average molecular weight is 233 g/mol. The molecule has 88 valence electrons. The number of nitrogens with zero attached hydrogens (tertiary/aromatic N) is 2. The summed E-state index contributed by atoms with van der Waals surface area (Å²) < 4.78 is 18.3. The number of halogens is 1. The molecular formula is C12H12FN3O. The van der Waals surface area contributed by atoms with E-state index in [2.05, 4.69) is 10.2 Å². The molecule has 1 aromatic heterocycles. The summed E-state index contributed by atoms with van der Waals surface area (Å²) in [6.45, 7) is 0. The molecule has 1 aromatic carbocycles. The second-order valence-corrected chi connectivity index (χ2v) is 3.60. The highest BCUT2D eigenvalue weighted by molar-refractivity contribution is 5.32. The van der Waals surface area contributed by atoms with Gasteiger partial charge in [-0.25, -0.2) is 4.39 Å². The largest absolute Gasteiger partial charge is 0.494 e. The first-order valence-electron chi connectivity index (χ1n) is 5.09. The number of nitrogen functional groups attached to an aromatic ring is 1. The lowest BCUT2D eigenvalue weighted by molar-refractivity contribution is 0.386. The van der Waals surface area contributed by atoms with E-state index in [4.69, 9.17) is 10.5 Å². The minimum atomic E-state index is -0.381. The van der Waals surface area contributed by atoms with Crippen LogP contribution < -0.4 is 10.5 Å². The number of nitrogens with two attached hydrogens (primary N) is 1. The SMILES string of the molecule is COc1ccc(Cc2ccc(N)nn2)cc1F. The topological polar surface area (TPSA) is 61.0 Å². The Morgan fingerprint density at radius 3 is 2.65 bits per heavy atom. The third kappa shape index (κ3) is 2.69. The van der Waals surface area contributed by atoms with Crippen LogP contribution in [0, 0.1) is 5.82 Å². The molecule has 0 unspecified atom stereocenters. The van der Waals surface area contributed by atoms with Gasteiger partial charge in [0, 0.05) is 6.42 Å². The highest BCUT2D eigenvalue weighted by Gasteiger charge is 2.05. The minimum Gasteiger partial charge on any atom is -0.494 e. The van der Waals surface area contributed by atoms with Crippen LogP contribution in [-0.4, -0.2) is 17.3 Å². The molecule has 4 nitrogen and oxygen atoms in total. The van der Waals surface area contributed by atoms with Crippen molar-refractivity contribution in [2.24, 2.45) is 0 Å². The summed E-state index contributed by atoms with van der Waals surface area (Å²) in [5.41, 5.74) is 6.98. The van der Waals surface area contributed by atoms with Gasteiger partial charge >= 0.3 is 0 Å². The lowest BCUT2D eigenvalue weighted by Gasteiger charge is -2.04. The zero-order chi connectivity index (χ0) is 12.3. The number of aromatic nitrogens is 2. The molecule has 0 spiro atoms. The molecule has 5 heteroatoms. The lowest BCUT2D eigenvalue weighted by atomic mass is 10.1. The molecule has 1 heterocycles. The smallest absolute Gasteiger partial charge is 0.165 e. The molecule has 0 radical (unpaired) electrons. The zero-order valence-electron chi connectivity index (χ0n) is 9.35. The predicted molar refractivity (Wildman–Crippen MR) is 62.2 cm³/mol. The maximum absolute atomic E-state index is 13.4. The molecule has 0 bridgehead atoms. The van der Waals surface area contributed by atoms with Gasteiger partial charge in [0.05, 0.1) is 12.8 Å². The van der Waals surface area contributed by atoms with Gasteiger partial charge in [0.1, 0.15) is 5.82 Å². The van der Waals surface area contributed by atoms with Gasteiger partial charge in [-0.3, -0.25) is 0 Å². The number of anilines is 1. The van der Waals surface area contributed by atoms with Crippen LogP contribution in [0.5, 0.6) is 5.75 Å². The van der Waals surface area contributed by atoms with Gasteiger partial charge in [0.15, 0.2) is 11.6 Å². The van der Waals surface area contributed by atoms with E-state index in [0.29, 0.717) is 12.2 Å². The molecule has 0 aliphatic rings. The molecule has 0 aliphatic heterocycles. The van der Waals surface area contributed by atoms with Crippen molar-refractivity contribution < 1.29 is 9.13 Å².